The monoisotopic (exact) mass is 413 g/mol. The van der Waals surface area contributed by atoms with Crippen LogP contribution in [0.3, 0.4) is 0 Å². The van der Waals surface area contributed by atoms with Crippen LogP contribution >= 0.6 is 11.3 Å². The Labute approximate surface area is 174 Å². The van der Waals surface area contributed by atoms with Gasteiger partial charge in [-0.05, 0) is 49.9 Å². The molecule has 1 atom stereocenters. The number of carbonyl (C=O) groups excluding carboxylic acids is 1. The minimum Gasteiger partial charge on any atom is -0.492 e. The van der Waals surface area contributed by atoms with Crippen molar-refractivity contribution in [3.8, 4) is 5.88 Å². The third-order valence-electron chi connectivity index (χ3n) is 5.77. The molecule has 0 radical (unpaired) electrons. The van der Waals surface area contributed by atoms with Gasteiger partial charge < -0.3 is 10.8 Å². The maximum absolute atomic E-state index is 11.6. The number of nitrogens with zero attached hydrogens (tertiary/aromatic N) is 4. The molecule has 7 nitrogen and oxygen atoms in total. The molecule has 3 heterocycles. The van der Waals surface area contributed by atoms with E-state index in [1.807, 2.05) is 6.92 Å². The van der Waals surface area contributed by atoms with Crippen LogP contribution in [0.25, 0.3) is 4.96 Å². The summed E-state index contributed by atoms with van der Waals surface area (Å²) in [5.41, 5.74) is 7.91. The van der Waals surface area contributed by atoms with E-state index in [0.29, 0.717) is 16.7 Å². The van der Waals surface area contributed by atoms with Gasteiger partial charge in [-0.15, -0.1) is 5.10 Å². The zero-order chi connectivity index (χ0) is 20.7. The molecule has 3 N–H and O–H groups in total. The van der Waals surface area contributed by atoms with E-state index < -0.39 is 0 Å². The molecule has 8 heteroatoms. The summed E-state index contributed by atoms with van der Waals surface area (Å²) in [6, 6.07) is 8.48. The number of piperidine rings is 1. The number of aromatic hydroxyl groups is 1. The number of primary amides is 1. The zero-order valence-corrected chi connectivity index (χ0v) is 17.8. The Morgan fingerprint density at radius 2 is 1.83 bits per heavy atom. The van der Waals surface area contributed by atoms with Crippen molar-refractivity contribution < 1.29 is 9.90 Å². The number of aryl methyl sites for hydroxylation is 1. The number of fused-ring (bicyclic) bond motifs is 1. The van der Waals surface area contributed by atoms with E-state index in [1.54, 1.807) is 0 Å². The smallest absolute Gasteiger partial charge is 0.230 e. The molecular weight excluding hydrogens is 386 g/mol. The first-order valence-electron chi connectivity index (χ1n) is 10.0. The molecule has 29 heavy (non-hydrogen) atoms. The van der Waals surface area contributed by atoms with Crippen LogP contribution in [0.1, 0.15) is 60.5 Å². The number of amides is 1. The van der Waals surface area contributed by atoms with Gasteiger partial charge in [-0.25, -0.2) is 4.98 Å². The highest BCUT2D eigenvalue weighted by atomic mass is 32.1. The second-order valence-corrected chi connectivity index (χ2v) is 9.09. The summed E-state index contributed by atoms with van der Waals surface area (Å²) >= 11 is 1.46. The quantitative estimate of drug-likeness (QED) is 0.669. The fourth-order valence-electron chi connectivity index (χ4n) is 4.06. The highest BCUT2D eigenvalue weighted by Gasteiger charge is 2.33. The zero-order valence-electron chi connectivity index (χ0n) is 17.0. The van der Waals surface area contributed by atoms with Gasteiger partial charge in [-0.2, -0.15) is 4.52 Å². The minimum atomic E-state index is -0.223. The van der Waals surface area contributed by atoms with Gasteiger partial charge in [0.2, 0.25) is 16.7 Å². The number of rotatable bonds is 5. The summed E-state index contributed by atoms with van der Waals surface area (Å²) in [7, 11) is 0. The molecule has 1 aliphatic rings. The van der Waals surface area contributed by atoms with E-state index in [1.165, 1.54) is 21.4 Å². The summed E-state index contributed by atoms with van der Waals surface area (Å²) in [5, 5.41) is 15.2. The largest absolute Gasteiger partial charge is 0.492 e. The predicted molar refractivity (Wildman–Crippen MR) is 113 cm³/mol. The van der Waals surface area contributed by atoms with E-state index in [-0.39, 0.29) is 23.7 Å². The van der Waals surface area contributed by atoms with Crippen molar-refractivity contribution in [2.45, 2.75) is 45.6 Å². The molecule has 2 aromatic heterocycles. The molecule has 0 spiro atoms. The van der Waals surface area contributed by atoms with Crippen LogP contribution < -0.4 is 5.73 Å². The highest BCUT2D eigenvalue weighted by Crippen LogP contribution is 2.41. The van der Waals surface area contributed by atoms with Crippen LogP contribution in [0.5, 0.6) is 5.88 Å². The molecular formula is C21H27N5O2S. The third kappa shape index (κ3) is 3.74. The fourth-order valence-corrected chi connectivity index (χ4v) is 5.22. The van der Waals surface area contributed by atoms with E-state index in [4.69, 9.17) is 5.73 Å². The summed E-state index contributed by atoms with van der Waals surface area (Å²) in [5.74, 6) is 0.937. The number of aromatic nitrogens is 3. The maximum Gasteiger partial charge on any atom is 0.230 e. The lowest BCUT2D eigenvalue weighted by atomic mass is 9.92. The Balaban J connectivity index is 1.73. The van der Waals surface area contributed by atoms with Crippen molar-refractivity contribution in [1.82, 2.24) is 19.5 Å². The molecule has 0 bridgehead atoms. The van der Waals surface area contributed by atoms with Crippen LogP contribution in [-0.2, 0) is 4.79 Å². The maximum atomic E-state index is 11.6. The van der Waals surface area contributed by atoms with Gasteiger partial charge in [-0.1, -0.05) is 49.4 Å². The molecule has 0 aliphatic carbocycles. The molecule has 1 fully saturated rings. The Kier molecular flexibility index (Phi) is 5.31. The molecule has 1 aliphatic heterocycles. The van der Waals surface area contributed by atoms with Crippen LogP contribution in [-0.4, -0.2) is 43.6 Å². The SMILES string of the molecule is Cc1nc2sc([C@H](c3ccc(C(C)C)cc3)N3CCC(C(N)=O)CC3)c(O)n2n1. The van der Waals surface area contributed by atoms with Gasteiger partial charge in [0.1, 0.15) is 5.82 Å². The van der Waals surface area contributed by atoms with Crippen molar-refractivity contribution in [1.29, 1.82) is 0 Å². The molecule has 4 rings (SSSR count). The van der Waals surface area contributed by atoms with Crippen LogP contribution in [0.15, 0.2) is 24.3 Å². The van der Waals surface area contributed by atoms with Crippen molar-refractivity contribution in [2.75, 3.05) is 13.1 Å². The van der Waals surface area contributed by atoms with Gasteiger partial charge in [-0.3, -0.25) is 9.69 Å². The van der Waals surface area contributed by atoms with Gasteiger partial charge in [0.05, 0.1) is 10.9 Å². The first kappa shape index (κ1) is 19.8. The van der Waals surface area contributed by atoms with Gasteiger partial charge in [0.15, 0.2) is 0 Å². The number of nitrogens with two attached hydrogens (primary N) is 1. The number of hydrogen-bond acceptors (Lipinski definition) is 6. The summed E-state index contributed by atoms with van der Waals surface area (Å²) in [4.78, 5) is 19.8. The van der Waals surface area contributed by atoms with Gasteiger partial charge >= 0.3 is 0 Å². The van der Waals surface area contributed by atoms with Crippen LogP contribution in [0.2, 0.25) is 0 Å². The first-order valence-corrected chi connectivity index (χ1v) is 10.8. The highest BCUT2D eigenvalue weighted by molar-refractivity contribution is 7.17. The Morgan fingerprint density at radius 3 is 2.38 bits per heavy atom. The van der Waals surface area contributed by atoms with Crippen LogP contribution in [0, 0.1) is 12.8 Å². The Bertz CT molecular complexity index is 1020. The minimum absolute atomic E-state index is 0.0752. The van der Waals surface area contributed by atoms with E-state index in [9.17, 15) is 9.90 Å². The number of carbonyl (C=O) groups is 1. The van der Waals surface area contributed by atoms with Crippen molar-refractivity contribution >= 4 is 22.2 Å². The Hall–Kier alpha value is -2.45. The second kappa shape index (κ2) is 7.76. The molecule has 154 valence electrons. The van der Waals surface area contributed by atoms with Crippen LogP contribution in [0.4, 0.5) is 0 Å². The third-order valence-corrected chi connectivity index (χ3v) is 6.84. The van der Waals surface area contributed by atoms with Crippen molar-refractivity contribution in [3.05, 3.63) is 46.1 Å². The van der Waals surface area contributed by atoms with Crippen molar-refractivity contribution in [2.24, 2.45) is 11.7 Å². The fraction of sp³-hybridized carbons (Fsp3) is 0.476. The number of likely N-dealkylation sites (tertiary alicyclic amines) is 1. The van der Waals surface area contributed by atoms with Gasteiger partial charge in [0.25, 0.3) is 0 Å². The van der Waals surface area contributed by atoms with E-state index in [2.05, 4.69) is 53.1 Å². The first-order chi connectivity index (χ1) is 13.8. The number of thiazole rings is 1. The van der Waals surface area contributed by atoms with E-state index in [0.717, 1.165) is 36.4 Å². The molecule has 3 aromatic rings. The number of hydrogen-bond donors (Lipinski definition) is 2. The average molecular weight is 414 g/mol. The molecule has 1 amide bonds. The molecule has 1 saturated heterocycles. The summed E-state index contributed by atoms with van der Waals surface area (Å²) in [6.07, 6.45) is 1.47. The lowest BCUT2D eigenvalue weighted by Crippen LogP contribution is -2.40. The lowest BCUT2D eigenvalue weighted by molar-refractivity contribution is -0.123. The second-order valence-electron chi connectivity index (χ2n) is 8.08. The Morgan fingerprint density at radius 1 is 1.21 bits per heavy atom. The van der Waals surface area contributed by atoms with Crippen molar-refractivity contribution in [3.63, 3.8) is 0 Å². The lowest BCUT2D eigenvalue weighted by Gasteiger charge is -2.36. The molecule has 0 unspecified atom stereocenters. The van der Waals surface area contributed by atoms with E-state index >= 15 is 0 Å². The number of benzene rings is 1. The normalized spacial score (nSPS) is 17.2. The summed E-state index contributed by atoms with van der Waals surface area (Å²) < 4.78 is 1.51. The average Bonchev–Trinajstić information content (AvgIpc) is 3.20. The molecule has 0 saturated carbocycles. The van der Waals surface area contributed by atoms with Gasteiger partial charge in [0, 0.05) is 5.92 Å². The predicted octanol–water partition coefficient (Wildman–Crippen LogP) is 3.21. The molecule has 1 aromatic carbocycles. The standard InChI is InChI=1S/C21H27N5O2S/c1-12(2)14-4-6-15(7-5-14)17(25-10-8-16(9-11-25)19(22)27)18-20(28)26-21(29-18)23-13(3)24-26/h4-7,12,16-17,28H,8-11H2,1-3H3,(H2,22,27)/t17-/m0/s1. The summed E-state index contributed by atoms with van der Waals surface area (Å²) in [6.45, 7) is 7.66. The topological polar surface area (TPSA) is 96.8 Å².